The van der Waals surface area contributed by atoms with Gasteiger partial charge in [0.25, 0.3) is 0 Å². The van der Waals surface area contributed by atoms with Crippen molar-refractivity contribution < 1.29 is 0 Å². The van der Waals surface area contributed by atoms with Gasteiger partial charge in [-0.25, -0.2) is 0 Å². The molecule has 2 aromatic carbocycles. The quantitative estimate of drug-likeness (QED) is 0.801. The lowest BCUT2D eigenvalue weighted by molar-refractivity contribution is 0.497. The molecule has 0 heterocycles. The molecule has 2 N–H and O–H groups in total. The van der Waals surface area contributed by atoms with E-state index in [-0.39, 0.29) is 6.04 Å². The highest BCUT2D eigenvalue weighted by Crippen LogP contribution is 2.41. The number of rotatable bonds is 3. The van der Waals surface area contributed by atoms with Crippen molar-refractivity contribution in [3.05, 3.63) is 68.1 Å². The van der Waals surface area contributed by atoms with E-state index in [4.69, 9.17) is 5.73 Å². The third-order valence-corrected chi connectivity index (χ3v) is 5.07. The predicted octanol–water partition coefficient (Wildman–Crippen LogP) is 4.94. The van der Waals surface area contributed by atoms with Crippen molar-refractivity contribution >= 4 is 31.9 Å². The second kappa shape index (κ2) is 5.39. The summed E-state index contributed by atoms with van der Waals surface area (Å²) >= 11 is 7.10. The van der Waals surface area contributed by atoms with E-state index in [2.05, 4.69) is 62.2 Å². The lowest BCUT2D eigenvalue weighted by atomic mass is 9.74. The monoisotopic (exact) mass is 379 g/mol. The Kier molecular flexibility index (Phi) is 3.79. The summed E-state index contributed by atoms with van der Waals surface area (Å²) < 4.78 is 2.17. The molecule has 0 amide bonds. The summed E-state index contributed by atoms with van der Waals surface area (Å²) in [4.78, 5) is 0. The molecule has 2 unspecified atom stereocenters. The van der Waals surface area contributed by atoms with Gasteiger partial charge in [0.2, 0.25) is 0 Å². The van der Waals surface area contributed by atoms with Crippen LogP contribution in [0.15, 0.2) is 51.4 Å². The van der Waals surface area contributed by atoms with E-state index in [1.807, 2.05) is 12.1 Å². The number of hydrogen-bond donors (Lipinski definition) is 1. The number of benzene rings is 2. The predicted molar refractivity (Wildman–Crippen MR) is 86.3 cm³/mol. The second-order valence-electron chi connectivity index (χ2n) is 5.11. The molecule has 98 valence electrons. The Bertz CT molecular complexity index is 609. The molecule has 0 radical (unpaired) electrons. The van der Waals surface area contributed by atoms with E-state index in [1.54, 1.807) is 0 Å². The third kappa shape index (κ3) is 2.64. The topological polar surface area (TPSA) is 26.0 Å². The first-order valence-electron chi connectivity index (χ1n) is 6.43. The van der Waals surface area contributed by atoms with Gasteiger partial charge in [-0.3, -0.25) is 0 Å². The Hall–Kier alpha value is -0.640. The summed E-state index contributed by atoms with van der Waals surface area (Å²) in [6.45, 7) is 0. The summed E-state index contributed by atoms with van der Waals surface area (Å²) in [7, 11) is 0. The minimum atomic E-state index is 0.0743. The van der Waals surface area contributed by atoms with Gasteiger partial charge in [0, 0.05) is 15.0 Å². The van der Waals surface area contributed by atoms with Crippen molar-refractivity contribution in [1.82, 2.24) is 0 Å². The molecule has 2 atom stereocenters. The molecule has 1 aliphatic rings. The first kappa shape index (κ1) is 13.3. The van der Waals surface area contributed by atoms with Gasteiger partial charge in [-0.1, -0.05) is 56.1 Å². The molecule has 0 fully saturated rings. The van der Waals surface area contributed by atoms with Crippen molar-refractivity contribution in [2.45, 2.75) is 24.8 Å². The van der Waals surface area contributed by atoms with Crippen LogP contribution in [0.1, 0.15) is 35.1 Å². The van der Waals surface area contributed by atoms with E-state index in [9.17, 15) is 0 Å². The van der Waals surface area contributed by atoms with Crippen molar-refractivity contribution in [2.75, 3.05) is 0 Å². The molecule has 0 aliphatic heterocycles. The molecule has 3 heteroatoms. The molecular weight excluding hydrogens is 366 g/mol. The van der Waals surface area contributed by atoms with Crippen LogP contribution in [0.4, 0.5) is 0 Å². The van der Waals surface area contributed by atoms with Gasteiger partial charge < -0.3 is 5.73 Å². The fourth-order valence-electron chi connectivity index (χ4n) is 2.81. The standard InChI is InChI=1S/C16H15Br2N/c17-12-5-6-15(18)14(9-12)16(19)8-11-7-10-3-1-2-4-13(10)11/h1-6,9,11,16H,7-8,19H2. The van der Waals surface area contributed by atoms with E-state index >= 15 is 0 Å². The lowest BCUT2D eigenvalue weighted by Crippen LogP contribution is -2.23. The molecule has 0 saturated heterocycles. The maximum absolute atomic E-state index is 6.38. The average molecular weight is 381 g/mol. The van der Waals surface area contributed by atoms with Crippen LogP contribution in [0.25, 0.3) is 0 Å². The van der Waals surface area contributed by atoms with Crippen molar-refractivity contribution in [1.29, 1.82) is 0 Å². The van der Waals surface area contributed by atoms with Crippen molar-refractivity contribution in [2.24, 2.45) is 5.73 Å². The highest BCUT2D eigenvalue weighted by molar-refractivity contribution is 9.11. The molecule has 0 bridgehead atoms. The Labute approximate surface area is 130 Å². The van der Waals surface area contributed by atoms with E-state index in [0.717, 1.165) is 21.8 Å². The van der Waals surface area contributed by atoms with Crippen LogP contribution >= 0.6 is 31.9 Å². The van der Waals surface area contributed by atoms with Gasteiger partial charge in [-0.15, -0.1) is 0 Å². The molecule has 0 aromatic heterocycles. The van der Waals surface area contributed by atoms with Gasteiger partial charge in [0.15, 0.2) is 0 Å². The van der Waals surface area contributed by atoms with Crippen LogP contribution < -0.4 is 5.73 Å². The number of nitrogens with two attached hydrogens (primary N) is 1. The highest BCUT2D eigenvalue weighted by Gasteiger charge is 2.27. The van der Waals surface area contributed by atoms with Gasteiger partial charge in [0.1, 0.15) is 0 Å². The minimum absolute atomic E-state index is 0.0743. The van der Waals surface area contributed by atoms with Crippen LogP contribution in [-0.2, 0) is 6.42 Å². The Morgan fingerprint density at radius 2 is 1.95 bits per heavy atom. The van der Waals surface area contributed by atoms with E-state index in [1.165, 1.54) is 16.7 Å². The SMILES string of the molecule is NC(CC1Cc2ccccc21)c1cc(Br)ccc1Br. The largest absolute Gasteiger partial charge is 0.324 e. The highest BCUT2D eigenvalue weighted by atomic mass is 79.9. The molecule has 2 aromatic rings. The Morgan fingerprint density at radius 1 is 1.16 bits per heavy atom. The van der Waals surface area contributed by atoms with Crippen LogP contribution in [0.2, 0.25) is 0 Å². The van der Waals surface area contributed by atoms with Gasteiger partial charge >= 0.3 is 0 Å². The normalized spacial score (nSPS) is 18.6. The van der Waals surface area contributed by atoms with Gasteiger partial charge in [-0.2, -0.15) is 0 Å². The smallest absolute Gasteiger partial charge is 0.0312 e. The minimum Gasteiger partial charge on any atom is -0.324 e. The molecule has 1 aliphatic carbocycles. The van der Waals surface area contributed by atoms with Gasteiger partial charge in [-0.05, 0) is 53.6 Å². The second-order valence-corrected chi connectivity index (χ2v) is 6.88. The summed E-state index contributed by atoms with van der Waals surface area (Å²) in [6, 6.07) is 14.9. The van der Waals surface area contributed by atoms with Crippen LogP contribution in [0, 0.1) is 0 Å². The molecule has 1 nitrogen and oxygen atoms in total. The van der Waals surface area contributed by atoms with Crippen LogP contribution in [0.5, 0.6) is 0 Å². The molecule has 3 rings (SSSR count). The maximum atomic E-state index is 6.38. The first-order valence-corrected chi connectivity index (χ1v) is 8.02. The van der Waals surface area contributed by atoms with E-state index < -0.39 is 0 Å². The number of fused-ring (bicyclic) bond motifs is 1. The fraction of sp³-hybridized carbons (Fsp3) is 0.250. The van der Waals surface area contributed by atoms with E-state index in [0.29, 0.717) is 5.92 Å². The third-order valence-electron chi connectivity index (χ3n) is 3.86. The first-order chi connectivity index (χ1) is 9.15. The summed E-state index contributed by atoms with van der Waals surface area (Å²) in [5, 5.41) is 0. The summed E-state index contributed by atoms with van der Waals surface area (Å²) in [5.41, 5.74) is 10.5. The van der Waals surface area contributed by atoms with Crippen LogP contribution in [-0.4, -0.2) is 0 Å². The number of hydrogen-bond acceptors (Lipinski definition) is 1. The lowest BCUT2D eigenvalue weighted by Gasteiger charge is -2.32. The zero-order valence-corrected chi connectivity index (χ0v) is 13.6. The molecule has 19 heavy (non-hydrogen) atoms. The maximum Gasteiger partial charge on any atom is 0.0312 e. The van der Waals surface area contributed by atoms with Crippen molar-refractivity contribution in [3.63, 3.8) is 0 Å². The average Bonchev–Trinajstić information content (AvgIpc) is 2.38. The zero-order chi connectivity index (χ0) is 13.4. The Balaban J connectivity index is 1.76. The zero-order valence-electron chi connectivity index (χ0n) is 10.4. The van der Waals surface area contributed by atoms with Gasteiger partial charge in [0.05, 0.1) is 0 Å². The summed E-state index contributed by atoms with van der Waals surface area (Å²) in [6.07, 6.45) is 2.17. The summed E-state index contributed by atoms with van der Waals surface area (Å²) in [5.74, 6) is 0.608. The fourth-order valence-corrected chi connectivity index (χ4v) is 3.72. The number of halogens is 2. The van der Waals surface area contributed by atoms with Crippen LogP contribution in [0.3, 0.4) is 0 Å². The molecular formula is C16H15Br2N. The van der Waals surface area contributed by atoms with Crippen molar-refractivity contribution in [3.8, 4) is 0 Å². The Morgan fingerprint density at radius 3 is 2.74 bits per heavy atom. The molecule has 0 saturated carbocycles. The molecule has 0 spiro atoms.